The number of benzene rings is 7. The molecule has 0 fully saturated rings. The molecule has 0 bridgehead atoms. The zero-order valence-electron chi connectivity index (χ0n) is 50.9. The van der Waals surface area contributed by atoms with Crippen LogP contribution in [0.3, 0.4) is 0 Å². The second-order valence-corrected chi connectivity index (χ2v) is 27.2. The maximum Gasteiger partial charge on any atom is 2.00 e. The van der Waals surface area contributed by atoms with E-state index in [4.69, 9.17) is 14.7 Å². The van der Waals surface area contributed by atoms with Crippen LogP contribution in [0.5, 0.6) is 11.5 Å². The molecule has 2 aliphatic rings. The Morgan fingerprint density at radius 1 is 0.550 bits per heavy atom. The Kier molecular flexibility index (Phi) is 15.1. The number of amidine groups is 1. The average Bonchev–Trinajstić information content (AvgIpc) is 3.77. The number of hydrogen-bond donors (Lipinski definition) is 0. The van der Waals surface area contributed by atoms with Crippen molar-refractivity contribution >= 4 is 28.7 Å². The molecule has 6 heteroatoms. The normalized spacial score (nSPS) is 16.7. The van der Waals surface area contributed by atoms with Crippen LogP contribution in [-0.2, 0) is 42.7 Å². The van der Waals surface area contributed by atoms with E-state index in [0.717, 1.165) is 45.4 Å². The minimum absolute atomic E-state index is 0. The number of aliphatic imine (C=N–C) groups is 1. The van der Waals surface area contributed by atoms with E-state index in [0.29, 0.717) is 11.5 Å². The summed E-state index contributed by atoms with van der Waals surface area (Å²) in [4.78, 5) is 16.0. The molecule has 10 rings (SSSR count). The molecule has 3 heterocycles. The van der Waals surface area contributed by atoms with Gasteiger partial charge >= 0.3 is 21.1 Å². The molecule has 5 nitrogen and oxygen atoms in total. The molecule has 0 unspecified atom stereocenters. The van der Waals surface area contributed by atoms with E-state index in [2.05, 4.69) is 293 Å². The molecule has 0 N–H and O–H groups in total. The third-order valence-corrected chi connectivity index (χ3v) is 17.3. The molecule has 0 aliphatic carbocycles. The Morgan fingerprint density at radius 3 is 1.69 bits per heavy atom. The third kappa shape index (κ3) is 10.4. The molecule has 8 aromatic rings. The Balaban J connectivity index is 0.00000774. The molecule has 0 radical (unpaired) electrons. The number of hydrogen-bond acceptors (Lipinski definition) is 5. The minimum Gasteiger partial charge on any atom is -0.503 e. The molecule has 1 aromatic heterocycles. The number of rotatable bonds is 9. The van der Waals surface area contributed by atoms with Crippen LogP contribution in [0.1, 0.15) is 175 Å². The molecule has 0 saturated carbocycles. The van der Waals surface area contributed by atoms with Gasteiger partial charge in [-0.3, -0.25) is 0 Å². The summed E-state index contributed by atoms with van der Waals surface area (Å²) in [7, 11) is 0. The van der Waals surface area contributed by atoms with Crippen LogP contribution in [0.15, 0.2) is 151 Å². The van der Waals surface area contributed by atoms with E-state index in [1.165, 1.54) is 66.8 Å². The summed E-state index contributed by atoms with van der Waals surface area (Å²) in [5.74, 6) is 2.82. The second-order valence-electron chi connectivity index (χ2n) is 27.2. The van der Waals surface area contributed by atoms with Gasteiger partial charge in [-0.25, -0.2) is 4.98 Å². The summed E-state index contributed by atoms with van der Waals surface area (Å²) >= 11 is 0. The Hall–Kier alpha value is -6.55. The molecule has 414 valence electrons. The van der Waals surface area contributed by atoms with Crippen LogP contribution in [-0.4, -0.2) is 21.9 Å². The van der Waals surface area contributed by atoms with Crippen molar-refractivity contribution in [1.29, 1.82) is 0 Å². The summed E-state index contributed by atoms with van der Waals surface area (Å²) in [6.07, 6.45) is 1.94. The zero-order chi connectivity index (χ0) is 56.9. The number of aryl methyl sites for hydroxylation is 5. The molecular formula is C74H82N4OPt. The topological polar surface area (TPSA) is 41.0 Å². The first kappa shape index (κ1) is 58.1. The van der Waals surface area contributed by atoms with Gasteiger partial charge in [0.25, 0.3) is 0 Å². The van der Waals surface area contributed by atoms with E-state index in [9.17, 15) is 0 Å². The summed E-state index contributed by atoms with van der Waals surface area (Å²) in [6.45, 7) is 43.4. The Labute approximate surface area is 494 Å². The van der Waals surface area contributed by atoms with Gasteiger partial charge < -0.3 is 19.5 Å². The monoisotopic (exact) mass is 1240 g/mol. The first-order valence-electron chi connectivity index (χ1n) is 28.4. The van der Waals surface area contributed by atoms with E-state index in [1.54, 1.807) is 0 Å². The zero-order valence-corrected chi connectivity index (χ0v) is 53.2. The van der Waals surface area contributed by atoms with Gasteiger partial charge in [-0.1, -0.05) is 209 Å². The van der Waals surface area contributed by atoms with Crippen molar-refractivity contribution in [3.8, 4) is 22.6 Å². The first-order chi connectivity index (χ1) is 37.0. The van der Waals surface area contributed by atoms with Gasteiger partial charge in [0.05, 0.1) is 16.9 Å². The van der Waals surface area contributed by atoms with E-state index in [1.807, 2.05) is 6.20 Å². The van der Waals surface area contributed by atoms with Gasteiger partial charge in [0, 0.05) is 35.0 Å². The number of ether oxygens (including phenoxy) is 1. The molecule has 7 aromatic carbocycles. The molecule has 0 spiro atoms. The molecule has 1 atom stereocenters. The molecule has 0 amide bonds. The first-order valence-corrected chi connectivity index (χ1v) is 28.4. The fourth-order valence-corrected chi connectivity index (χ4v) is 12.6. The van der Waals surface area contributed by atoms with Gasteiger partial charge in [-0.15, -0.1) is 28.8 Å². The second kappa shape index (κ2) is 20.8. The van der Waals surface area contributed by atoms with Crippen LogP contribution in [0.4, 0.5) is 22.9 Å². The predicted molar refractivity (Wildman–Crippen MR) is 333 cm³/mol. The predicted octanol–water partition coefficient (Wildman–Crippen LogP) is 19.3. The number of fused-ring (bicyclic) bond motifs is 2. The Bertz CT molecular complexity index is 3590. The number of anilines is 4. The summed E-state index contributed by atoms with van der Waals surface area (Å²) in [5.41, 5.74) is 18.7. The van der Waals surface area contributed by atoms with Gasteiger partial charge in [0.2, 0.25) is 0 Å². The molecule has 80 heavy (non-hydrogen) atoms. The minimum atomic E-state index is -0.663. The summed E-state index contributed by atoms with van der Waals surface area (Å²) < 4.78 is 7.41. The third-order valence-electron chi connectivity index (χ3n) is 17.3. The van der Waals surface area contributed by atoms with Crippen molar-refractivity contribution in [3.05, 3.63) is 230 Å². The average molecular weight is 1240 g/mol. The Morgan fingerprint density at radius 2 is 1.12 bits per heavy atom. The molecular weight excluding hydrogens is 1160 g/mol. The van der Waals surface area contributed by atoms with E-state index >= 15 is 0 Å². The van der Waals surface area contributed by atoms with E-state index < -0.39 is 11.1 Å². The summed E-state index contributed by atoms with van der Waals surface area (Å²) in [6, 6.07) is 59.8. The SMILES string of the molecule is Cc1cc(C)c(-c2cc(Oc3[c-]c4c(cc3C)C(C)(C)c3cc(C)ccc3N4c3cc(C(C)(C)C)ccn3)[c-]c(C3=NC(C)(C)[C@](C)(C(c4ccccc4)c4ccccc4)N3c3cc(C(C)(C)C)cc(C(C)(C)C)c3)c2)c(C)c1.[Pt+2]. The van der Waals surface area contributed by atoms with Crippen LogP contribution in [0, 0.1) is 46.8 Å². The van der Waals surface area contributed by atoms with Gasteiger partial charge in [-0.05, 0) is 151 Å². The quantitative estimate of drug-likeness (QED) is 0.135. The van der Waals surface area contributed by atoms with Crippen molar-refractivity contribution < 1.29 is 25.8 Å². The standard InChI is InChI=1S/C74H82N4O.Pt/c1-46-30-31-62-60(36-46)72(15,16)61-37-48(3)64(45-63(61)77(62)65-44-55(32-33-75-65)69(6,7)8)79-59-39-53(66-49(4)34-47(2)35-50(66)5)38-54(40-59)68-76-73(17,18)74(19,67(51-26-22-20-23-27-51)52-28-24-21-25-29-52)78(68)58-42-56(70(9,10)11)41-57(43-58)71(12,13)14;/h20-39,41-44,67H,1-19H3;/q-2;+2/t74-;/m0./s1. The molecule has 2 aliphatic heterocycles. The van der Waals surface area contributed by atoms with Crippen molar-refractivity contribution in [2.24, 2.45) is 4.99 Å². The maximum atomic E-state index is 7.41. The largest absolute Gasteiger partial charge is 2.00 e. The summed E-state index contributed by atoms with van der Waals surface area (Å²) in [5, 5.41) is 0. The fourth-order valence-electron chi connectivity index (χ4n) is 12.6. The van der Waals surface area contributed by atoms with E-state index in [-0.39, 0.29) is 48.6 Å². The van der Waals surface area contributed by atoms with Crippen molar-refractivity contribution in [2.45, 2.75) is 170 Å². The van der Waals surface area contributed by atoms with Gasteiger partial charge in [0.15, 0.2) is 0 Å². The van der Waals surface area contributed by atoms with Crippen LogP contribution in [0.2, 0.25) is 0 Å². The number of aromatic nitrogens is 1. The molecule has 0 saturated heterocycles. The van der Waals surface area contributed by atoms with Crippen LogP contribution >= 0.6 is 0 Å². The fraction of sp³-hybridized carbons (Fsp3) is 0.351. The van der Waals surface area contributed by atoms with Crippen LogP contribution in [0.25, 0.3) is 11.1 Å². The van der Waals surface area contributed by atoms with Gasteiger partial charge in [0.1, 0.15) is 5.82 Å². The maximum absolute atomic E-state index is 7.41. The van der Waals surface area contributed by atoms with Crippen molar-refractivity contribution in [3.63, 3.8) is 0 Å². The van der Waals surface area contributed by atoms with Crippen molar-refractivity contribution in [2.75, 3.05) is 9.80 Å². The number of nitrogens with zero attached hydrogens (tertiary/aromatic N) is 4. The van der Waals surface area contributed by atoms with Crippen molar-refractivity contribution in [1.82, 2.24) is 4.98 Å². The van der Waals surface area contributed by atoms with Gasteiger partial charge in [-0.2, -0.15) is 6.07 Å². The van der Waals surface area contributed by atoms with Crippen LogP contribution < -0.4 is 14.5 Å². The number of pyridine rings is 1. The smallest absolute Gasteiger partial charge is 0.503 e.